The van der Waals surface area contributed by atoms with Crippen LogP contribution in [0.3, 0.4) is 0 Å². The Bertz CT molecular complexity index is 143. The van der Waals surface area contributed by atoms with Gasteiger partial charge in [-0.05, 0) is 33.6 Å². The minimum atomic E-state index is -0.348. The van der Waals surface area contributed by atoms with E-state index in [2.05, 4.69) is 0 Å². The Balaban J connectivity index is 0. The van der Waals surface area contributed by atoms with E-state index in [1.807, 2.05) is 34.6 Å². The first kappa shape index (κ1) is 14.9. The van der Waals surface area contributed by atoms with Gasteiger partial charge in [-0.25, -0.2) is 0 Å². The van der Waals surface area contributed by atoms with Gasteiger partial charge >= 0.3 is 5.97 Å². The molecule has 0 saturated heterocycles. The molecule has 0 radical (unpaired) electrons. The van der Waals surface area contributed by atoms with Gasteiger partial charge < -0.3 is 10.2 Å². The summed E-state index contributed by atoms with van der Waals surface area (Å²) in [6.07, 6.45) is 1.73. The van der Waals surface area contributed by atoms with Gasteiger partial charge in [-0.15, -0.1) is 0 Å². The van der Waals surface area contributed by atoms with E-state index >= 15 is 0 Å². The van der Waals surface area contributed by atoms with E-state index in [1.165, 1.54) is 0 Å². The molecule has 0 unspecified atom stereocenters. The second-order valence-corrected chi connectivity index (χ2v) is 4.05. The predicted molar refractivity (Wildman–Crippen MR) is 53.5 cm³/mol. The highest BCUT2D eigenvalue weighted by atomic mass is 16.6. The van der Waals surface area contributed by atoms with Gasteiger partial charge in [-0.3, -0.25) is 4.79 Å². The molecule has 0 aromatic heterocycles. The third kappa shape index (κ3) is 6.58. The van der Waals surface area contributed by atoms with Crippen LogP contribution in [0.5, 0.6) is 0 Å². The van der Waals surface area contributed by atoms with Gasteiger partial charge in [0, 0.05) is 0 Å². The standard InChI is InChI=1S/C10H20O2.H2O/c1-6-8(7-2)9(11)12-10(3,4)5;/h8H,6-7H2,1-5H3;1H2. The molecule has 0 amide bonds. The van der Waals surface area contributed by atoms with Crippen molar-refractivity contribution in [2.75, 3.05) is 0 Å². The zero-order valence-corrected chi connectivity index (χ0v) is 9.31. The molecule has 2 N–H and O–H groups in total. The number of ether oxygens (including phenoxy) is 1. The van der Waals surface area contributed by atoms with Crippen LogP contribution in [0.15, 0.2) is 0 Å². The van der Waals surface area contributed by atoms with Crippen molar-refractivity contribution < 1.29 is 15.0 Å². The zero-order valence-electron chi connectivity index (χ0n) is 9.31. The second-order valence-electron chi connectivity index (χ2n) is 4.05. The van der Waals surface area contributed by atoms with Crippen molar-refractivity contribution in [3.63, 3.8) is 0 Å². The van der Waals surface area contributed by atoms with Gasteiger partial charge in [0.1, 0.15) is 5.60 Å². The highest BCUT2D eigenvalue weighted by Gasteiger charge is 2.21. The summed E-state index contributed by atoms with van der Waals surface area (Å²) in [5, 5.41) is 0. The van der Waals surface area contributed by atoms with Crippen molar-refractivity contribution in [1.29, 1.82) is 0 Å². The number of hydrogen-bond donors (Lipinski definition) is 0. The van der Waals surface area contributed by atoms with Gasteiger partial charge in [-0.2, -0.15) is 0 Å². The fraction of sp³-hybridized carbons (Fsp3) is 0.900. The Morgan fingerprint density at radius 1 is 1.23 bits per heavy atom. The molecule has 80 valence electrons. The van der Waals surface area contributed by atoms with Crippen LogP contribution in [0.4, 0.5) is 0 Å². The lowest BCUT2D eigenvalue weighted by atomic mass is 10.0. The van der Waals surface area contributed by atoms with E-state index in [1.54, 1.807) is 0 Å². The Morgan fingerprint density at radius 3 is 1.85 bits per heavy atom. The Morgan fingerprint density at radius 2 is 1.62 bits per heavy atom. The van der Waals surface area contributed by atoms with Gasteiger partial charge in [0.05, 0.1) is 5.92 Å². The fourth-order valence-corrected chi connectivity index (χ4v) is 1.01. The quantitative estimate of drug-likeness (QED) is 0.638. The Labute approximate surface area is 80.8 Å². The first-order valence-corrected chi connectivity index (χ1v) is 4.63. The number of carbonyl (C=O) groups excluding carboxylic acids is 1. The molecule has 3 heteroatoms. The van der Waals surface area contributed by atoms with Crippen molar-refractivity contribution in [1.82, 2.24) is 0 Å². The van der Waals surface area contributed by atoms with E-state index in [0.717, 1.165) is 12.8 Å². The summed E-state index contributed by atoms with van der Waals surface area (Å²) in [6.45, 7) is 9.71. The second kappa shape index (κ2) is 5.97. The number of esters is 1. The number of hydrogen-bond acceptors (Lipinski definition) is 2. The topological polar surface area (TPSA) is 57.8 Å². The van der Waals surface area contributed by atoms with Gasteiger partial charge in [0.2, 0.25) is 0 Å². The van der Waals surface area contributed by atoms with Crippen LogP contribution in [-0.2, 0) is 9.53 Å². The molecule has 0 aliphatic rings. The molecule has 0 bridgehead atoms. The molecular formula is C10H22O3. The highest BCUT2D eigenvalue weighted by Crippen LogP contribution is 2.15. The molecule has 0 fully saturated rings. The lowest BCUT2D eigenvalue weighted by molar-refractivity contribution is -0.160. The molecule has 0 saturated carbocycles. The fourth-order valence-electron chi connectivity index (χ4n) is 1.01. The molecule has 0 atom stereocenters. The maximum atomic E-state index is 11.4. The molecule has 0 aliphatic heterocycles. The SMILES string of the molecule is CCC(CC)C(=O)OC(C)(C)C.O. The van der Waals surface area contributed by atoms with E-state index in [9.17, 15) is 4.79 Å². The maximum Gasteiger partial charge on any atom is 0.309 e. The minimum Gasteiger partial charge on any atom is -0.460 e. The minimum absolute atomic E-state index is 0. The van der Waals surface area contributed by atoms with E-state index in [0.29, 0.717) is 0 Å². The summed E-state index contributed by atoms with van der Waals surface area (Å²) in [5.41, 5.74) is -0.348. The third-order valence-corrected chi connectivity index (χ3v) is 1.73. The van der Waals surface area contributed by atoms with Crippen LogP contribution in [0.25, 0.3) is 0 Å². The molecule has 0 aromatic rings. The normalized spacial score (nSPS) is 10.9. The third-order valence-electron chi connectivity index (χ3n) is 1.73. The molecule has 13 heavy (non-hydrogen) atoms. The molecule has 0 aliphatic carbocycles. The predicted octanol–water partition coefficient (Wildman–Crippen LogP) is 1.94. The van der Waals surface area contributed by atoms with E-state index in [-0.39, 0.29) is 23.0 Å². The van der Waals surface area contributed by atoms with Crippen LogP contribution in [0, 0.1) is 5.92 Å². The molecule has 0 rings (SSSR count). The number of carbonyl (C=O) groups is 1. The van der Waals surface area contributed by atoms with E-state index in [4.69, 9.17) is 4.74 Å². The summed E-state index contributed by atoms with van der Waals surface area (Å²) in [7, 11) is 0. The monoisotopic (exact) mass is 190 g/mol. The lowest BCUT2D eigenvalue weighted by Gasteiger charge is -2.22. The smallest absolute Gasteiger partial charge is 0.309 e. The maximum absolute atomic E-state index is 11.4. The van der Waals surface area contributed by atoms with Crippen molar-refractivity contribution in [3.8, 4) is 0 Å². The molecule has 0 heterocycles. The van der Waals surface area contributed by atoms with Gasteiger partial charge in [0.15, 0.2) is 0 Å². The van der Waals surface area contributed by atoms with Crippen LogP contribution in [0.1, 0.15) is 47.5 Å². The summed E-state index contributed by atoms with van der Waals surface area (Å²) < 4.78 is 5.24. The van der Waals surface area contributed by atoms with Crippen molar-refractivity contribution in [3.05, 3.63) is 0 Å². The van der Waals surface area contributed by atoms with Gasteiger partial charge in [-0.1, -0.05) is 13.8 Å². The lowest BCUT2D eigenvalue weighted by Crippen LogP contribution is -2.28. The van der Waals surface area contributed by atoms with E-state index < -0.39 is 0 Å². The summed E-state index contributed by atoms with van der Waals surface area (Å²) in [5.74, 6) is 0.0109. The Kier molecular flexibility index (Phi) is 6.86. The average molecular weight is 190 g/mol. The highest BCUT2D eigenvalue weighted by molar-refractivity contribution is 5.72. The van der Waals surface area contributed by atoms with Crippen molar-refractivity contribution in [2.24, 2.45) is 5.92 Å². The molecular weight excluding hydrogens is 168 g/mol. The molecule has 0 spiro atoms. The average Bonchev–Trinajstić information content (AvgIpc) is 1.85. The van der Waals surface area contributed by atoms with Crippen molar-refractivity contribution in [2.45, 2.75) is 53.1 Å². The first-order valence-electron chi connectivity index (χ1n) is 4.63. The summed E-state index contributed by atoms with van der Waals surface area (Å²) in [6, 6.07) is 0. The van der Waals surface area contributed by atoms with Gasteiger partial charge in [0.25, 0.3) is 0 Å². The largest absolute Gasteiger partial charge is 0.460 e. The molecule has 0 aromatic carbocycles. The zero-order chi connectivity index (χ0) is 9.78. The van der Waals surface area contributed by atoms with Crippen LogP contribution in [-0.4, -0.2) is 17.0 Å². The first-order chi connectivity index (χ1) is 5.40. The Hall–Kier alpha value is -0.570. The summed E-state index contributed by atoms with van der Waals surface area (Å²) in [4.78, 5) is 11.4. The molecule has 3 nitrogen and oxygen atoms in total. The number of rotatable bonds is 3. The van der Waals surface area contributed by atoms with Crippen LogP contribution in [0.2, 0.25) is 0 Å². The van der Waals surface area contributed by atoms with Crippen LogP contribution >= 0.6 is 0 Å². The summed E-state index contributed by atoms with van der Waals surface area (Å²) >= 11 is 0. The van der Waals surface area contributed by atoms with Crippen molar-refractivity contribution >= 4 is 5.97 Å². The van der Waals surface area contributed by atoms with Crippen LogP contribution < -0.4 is 0 Å².